The average Bonchev–Trinajstić information content (AvgIpc) is 3.35. The minimum absolute atomic E-state index is 0.0104. The van der Waals surface area contributed by atoms with Crippen LogP contribution >= 0.6 is 0 Å². The lowest BCUT2D eigenvalue weighted by Crippen LogP contribution is -2.51. The summed E-state index contributed by atoms with van der Waals surface area (Å²) in [7, 11) is 2.76. The van der Waals surface area contributed by atoms with Crippen molar-refractivity contribution in [3.8, 4) is 0 Å². The first-order chi connectivity index (χ1) is 25.8. The molecule has 304 valence electrons. The lowest BCUT2D eigenvalue weighted by Gasteiger charge is -2.23. The van der Waals surface area contributed by atoms with Gasteiger partial charge in [-0.1, -0.05) is 26.0 Å². The second kappa shape index (κ2) is 19.6. The summed E-state index contributed by atoms with van der Waals surface area (Å²) < 4.78 is 45.5. The number of nitrogen functional groups attached to an aromatic ring is 1. The van der Waals surface area contributed by atoms with Gasteiger partial charge in [0.05, 0.1) is 6.04 Å². The van der Waals surface area contributed by atoms with Crippen LogP contribution in [0.5, 0.6) is 0 Å². The number of nitrogens with zero attached hydrogens (tertiary/aromatic N) is 4. The molecule has 20 nitrogen and oxygen atoms in total. The van der Waals surface area contributed by atoms with Gasteiger partial charge in [-0.3, -0.25) is 14.2 Å². The Balaban J connectivity index is 1.44. The SMILES string of the molecule is CC(C)[C@H](N)C(=O)N[C@@H](CCCNC(N)=O)C(=O)Nc1ccc(COC(=O)N(C)CCN(C)C(=O)OC[C@H]2O[C@@H](n3ccc(N)nc3=O)C(F)(F)C2O)cc1. The lowest BCUT2D eigenvalue weighted by molar-refractivity contribution is -0.141. The van der Waals surface area contributed by atoms with Crippen LogP contribution in [0.25, 0.3) is 0 Å². The molecular weight excluding hydrogens is 734 g/mol. The summed E-state index contributed by atoms with van der Waals surface area (Å²) in [5, 5.41) is 17.9. The summed E-state index contributed by atoms with van der Waals surface area (Å²) >= 11 is 0. The number of aromatic nitrogens is 2. The number of urea groups is 1. The molecule has 0 bridgehead atoms. The molecule has 0 aliphatic carbocycles. The van der Waals surface area contributed by atoms with Crippen LogP contribution in [-0.2, 0) is 30.4 Å². The Bertz CT molecular complexity index is 1710. The van der Waals surface area contributed by atoms with Gasteiger partial charge in [0.1, 0.15) is 31.2 Å². The maximum atomic E-state index is 14.7. The van der Waals surface area contributed by atoms with Gasteiger partial charge in [-0.05, 0) is 42.5 Å². The first-order valence-electron chi connectivity index (χ1n) is 17.1. The second-order valence-electron chi connectivity index (χ2n) is 13.1. The zero-order valence-electron chi connectivity index (χ0n) is 30.8. The van der Waals surface area contributed by atoms with Crippen LogP contribution in [0.2, 0.25) is 0 Å². The van der Waals surface area contributed by atoms with E-state index in [-0.39, 0.29) is 44.4 Å². The standard InChI is InChI=1S/C33H48F2N10O10/c1-18(2)24(37)27(48)41-21(6-5-12-39-29(38)49)26(47)40-20-9-7-19(8-10-20)16-53-31(51)43(3)14-15-44(4)32(52)54-17-22-25(46)33(34,35)28(55-22)45-13-11-23(36)42-30(45)50/h7-11,13,18,21-22,24-25,28,46H,5-6,12,14-17,37H2,1-4H3,(H,40,47)(H,41,48)(H2,36,42,50)(H3,38,39,49)/t21-,22+,24-,25?,28+/m0/s1. The van der Waals surface area contributed by atoms with E-state index in [2.05, 4.69) is 20.9 Å². The van der Waals surface area contributed by atoms with Crippen LogP contribution in [0.4, 0.5) is 34.7 Å². The van der Waals surface area contributed by atoms with Crippen LogP contribution in [0.3, 0.4) is 0 Å². The number of amides is 6. The Morgan fingerprint density at radius 2 is 1.65 bits per heavy atom. The molecule has 0 saturated carbocycles. The van der Waals surface area contributed by atoms with Gasteiger partial charge in [-0.2, -0.15) is 13.8 Å². The first-order valence-corrected chi connectivity index (χ1v) is 17.1. The van der Waals surface area contributed by atoms with Gasteiger partial charge in [0.15, 0.2) is 6.10 Å². The fourth-order valence-corrected chi connectivity index (χ4v) is 4.98. The Kier molecular flexibility index (Phi) is 15.6. The number of ether oxygens (including phenoxy) is 3. The van der Waals surface area contributed by atoms with Gasteiger partial charge in [0, 0.05) is 45.6 Å². The van der Waals surface area contributed by atoms with Crippen molar-refractivity contribution in [3.63, 3.8) is 0 Å². The van der Waals surface area contributed by atoms with Gasteiger partial charge < -0.3 is 62.3 Å². The van der Waals surface area contributed by atoms with E-state index in [4.69, 9.17) is 31.4 Å². The van der Waals surface area contributed by atoms with Crippen LogP contribution in [0.1, 0.15) is 38.5 Å². The van der Waals surface area contributed by atoms with Crippen molar-refractivity contribution >= 4 is 41.5 Å². The molecule has 1 aromatic heterocycles. The number of aliphatic hydroxyl groups excluding tert-OH is 1. The van der Waals surface area contributed by atoms with E-state index in [1.807, 2.05) is 0 Å². The van der Waals surface area contributed by atoms with Crippen molar-refractivity contribution in [2.24, 2.45) is 17.4 Å². The third-order valence-corrected chi connectivity index (χ3v) is 8.46. The number of likely N-dealkylation sites (N-methyl/N-ethyl adjacent to an activating group) is 2. The van der Waals surface area contributed by atoms with E-state index in [0.717, 1.165) is 17.2 Å². The van der Waals surface area contributed by atoms with Crippen molar-refractivity contribution < 1.29 is 52.1 Å². The number of nitrogens with two attached hydrogens (primary N) is 3. The van der Waals surface area contributed by atoms with E-state index < -0.39 is 78.8 Å². The number of rotatable bonds is 17. The number of benzene rings is 1. The number of alkyl halides is 2. The topological polar surface area (TPSA) is 289 Å². The van der Waals surface area contributed by atoms with Crippen LogP contribution in [0.15, 0.2) is 41.3 Å². The molecule has 3 rings (SSSR count). The zero-order valence-corrected chi connectivity index (χ0v) is 30.8. The van der Waals surface area contributed by atoms with E-state index in [0.29, 0.717) is 22.2 Å². The summed E-state index contributed by atoms with van der Waals surface area (Å²) in [4.78, 5) is 79.4. The second-order valence-corrected chi connectivity index (χ2v) is 13.1. The van der Waals surface area contributed by atoms with Gasteiger partial charge in [-0.15, -0.1) is 0 Å². The van der Waals surface area contributed by atoms with Crippen molar-refractivity contribution in [1.82, 2.24) is 30.0 Å². The Morgan fingerprint density at radius 1 is 1.04 bits per heavy atom. The zero-order chi connectivity index (χ0) is 41.0. The Labute approximate surface area is 314 Å². The highest BCUT2D eigenvalue weighted by atomic mass is 19.3. The number of halogens is 2. The van der Waals surface area contributed by atoms with Crippen molar-refractivity contribution in [3.05, 3.63) is 52.6 Å². The Hall–Kier alpha value is -5.61. The lowest BCUT2D eigenvalue weighted by atomic mass is 10.0. The highest BCUT2D eigenvalue weighted by molar-refractivity contribution is 5.97. The van der Waals surface area contributed by atoms with E-state index in [9.17, 15) is 42.7 Å². The van der Waals surface area contributed by atoms with Crippen LogP contribution in [-0.4, -0.2) is 125 Å². The quantitative estimate of drug-likeness (QED) is 0.103. The maximum Gasteiger partial charge on any atom is 0.409 e. The number of primary amides is 1. The van der Waals surface area contributed by atoms with Crippen molar-refractivity contribution in [1.29, 1.82) is 0 Å². The number of hydrogen-bond acceptors (Lipinski definition) is 13. The highest BCUT2D eigenvalue weighted by Gasteiger charge is 2.60. The van der Waals surface area contributed by atoms with Gasteiger partial charge in [-0.25, -0.2) is 19.2 Å². The van der Waals surface area contributed by atoms with E-state index in [1.165, 1.54) is 19.0 Å². The minimum Gasteiger partial charge on any atom is -0.447 e. The third-order valence-electron chi connectivity index (χ3n) is 8.46. The molecule has 0 radical (unpaired) electrons. The molecule has 5 atom stereocenters. The van der Waals surface area contributed by atoms with Crippen molar-refractivity contribution in [2.75, 3.05) is 51.4 Å². The van der Waals surface area contributed by atoms with Crippen molar-refractivity contribution in [2.45, 2.75) is 69.7 Å². The van der Waals surface area contributed by atoms with Gasteiger partial charge in [0.25, 0.3) is 0 Å². The first kappa shape index (κ1) is 43.8. The monoisotopic (exact) mass is 782 g/mol. The van der Waals surface area contributed by atoms with E-state index >= 15 is 0 Å². The predicted octanol–water partition coefficient (Wildman–Crippen LogP) is -0.0888. The van der Waals surface area contributed by atoms with Gasteiger partial charge >= 0.3 is 29.8 Å². The largest absolute Gasteiger partial charge is 0.447 e. The fourth-order valence-electron chi connectivity index (χ4n) is 4.98. The van der Waals surface area contributed by atoms with Crippen LogP contribution in [0, 0.1) is 5.92 Å². The molecular formula is C33H48F2N10O10. The summed E-state index contributed by atoms with van der Waals surface area (Å²) in [5.41, 5.74) is 16.3. The molecule has 22 heteroatoms. The number of anilines is 2. The summed E-state index contributed by atoms with van der Waals surface area (Å²) in [6.45, 7) is 2.77. The molecule has 0 spiro atoms. The molecule has 1 aromatic carbocycles. The van der Waals surface area contributed by atoms with E-state index in [1.54, 1.807) is 38.1 Å². The molecule has 1 saturated heterocycles. The average molecular weight is 783 g/mol. The summed E-state index contributed by atoms with van der Waals surface area (Å²) in [6.07, 6.45) is -6.51. The maximum absolute atomic E-state index is 14.7. The molecule has 2 heterocycles. The number of carbonyl (C=O) groups excluding carboxylic acids is 5. The number of hydrogen-bond donors (Lipinski definition) is 7. The molecule has 10 N–H and O–H groups in total. The normalized spacial score (nSPS) is 18.5. The minimum atomic E-state index is -3.93. The molecule has 1 unspecified atom stereocenters. The smallest absolute Gasteiger partial charge is 0.409 e. The predicted molar refractivity (Wildman–Crippen MR) is 191 cm³/mol. The molecule has 6 amide bonds. The number of aliphatic hydroxyl groups is 1. The Morgan fingerprint density at radius 3 is 2.24 bits per heavy atom. The molecule has 2 aromatic rings. The van der Waals surface area contributed by atoms with Gasteiger partial charge in [0.2, 0.25) is 18.0 Å². The highest BCUT2D eigenvalue weighted by Crippen LogP contribution is 2.42. The molecule has 1 aliphatic rings. The molecule has 1 aliphatic heterocycles. The summed E-state index contributed by atoms with van der Waals surface area (Å²) in [5.74, 6) is -5.30. The number of nitrogens with one attached hydrogen (secondary N) is 3. The molecule has 1 fully saturated rings. The third kappa shape index (κ3) is 12.5. The molecule has 55 heavy (non-hydrogen) atoms. The number of carbonyl (C=O) groups is 5. The summed E-state index contributed by atoms with van der Waals surface area (Å²) in [6, 6.07) is 4.98. The van der Waals surface area contributed by atoms with Crippen LogP contribution < -0.4 is 38.8 Å². The fraction of sp³-hybridized carbons (Fsp3) is 0.545.